The number of hydrogen-bond donors (Lipinski definition) is 1. The zero-order valence-electron chi connectivity index (χ0n) is 11.7. The van der Waals surface area contributed by atoms with Crippen LogP contribution in [0.3, 0.4) is 0 Å². The monoisotopic (exact) mass is 247 g/mol. The van der Waals surface area contributed by atoms with Crippen molar-refractivity contribution in [1.29, 1.82) is 0 Å². The first-order chi connectivity index (χ1) is 8.81. The summed E-state index contributed by atoms with van der Waals surface area (Å²) in [6, 6.07) is 4.40. The van der Waals surface area contributed by atoms with E-state index in [-0.39, 0.29) is 0 Å². The van der Waals surface area contributed by atoms with Crippen LogP contribution in [0.5, 0.6) is 0 Å². The maximum Gasteiger partial charge on any atom is 0.128 e. The Bertz CT molecular complexity index is 368. The van der Waals surface area contributed by atoms with E-state index in [0.29, 0.717) is 0 Å². The van der Waals surface area contributed by atoms with E-state index in [1.165, 1.54) is 37.7 Å². The number of aromatic nitrogens is 1. The Hall–Kier alpha value is -1.09. The van der Waals surface area contributed by atoms with Crippen LogP contribution in [0.4, 0.5) is 5.82 Å². The molecule has 0 radical (unpaired) electrons. The second kappa shape index (κ2) is 6.74. The van der Waals surface area contributed by atoms with Gasteiger partial charge >= 0.3 is 0 Å². The molecule has 1 fully saturated rings. The molecule has 0 aliphatic carbocycles. The molecule has 0 bridgehead atoms. The Labute approximate surface area is 111 Å². The van der Waals surface area contributed by atoms with Gasteiger partial charge < -0.3 is 10.2 Å². The molecule has 2 heterocycles. The molecule has 3 heteroatoms. The lowest BCUT2D eigenvalue weighted by atomic mass is 10.1. The van der Waals surface area contributed by atoms with E-state index >= 15 is 0 Å². The highest BCUT2D eigenvalue weighted by Crippen LogP contribution is 2.19. The van der Waals surface area contributed by atoms with Crippen LogP contribution < -0.4 is 10.2 Å². The number of hydrogen-bond acceptors (Lipinski definition) is 3. The lowest BCUT2D eigenvalue weighted by molar-refractivity contribution is 0.553. The summed E-state index contributed by atoms with van der Waals surface area (Å²) in [5.74, 6) is 1.16. The van der Waals surface area contributed by atoms with Crippen molar-refractivity contribution in [2.45, 2.75) is 45.6 Å². The third-order valence-corrected chi connectivity index (χ3v) is 3.73. The van der Waals surface area contributed by atoms with Crippen molar-refractivity contribution in [3.63, 3.8) is 0 Å². The fourth-order valence-electron chi connectivity index (χ4n) is 2.61. The summed E-state index contributed by atoms with van der Waals surface area (Å²) in [5.41, 5.74) is 2.46. The Balaban J connectivity index is 2.08. The Morgan fingerprint density at radius 3 is 2.39 bits per heavy atom. The molecule has 2 rings (SSSR count). The first-order valence-electron chi connectivity index (χ1n) is 7.17. The van der Waals surface area contributed by atoms with Crippen LogP contribution in [0.2, 0.25) is 0 Å². The van der Waals surface area contributed by atoms with E-state index in [1.54, 1.807) is 0 Å². The van der Waals surface area contributed by atoms with Gasteiger partial charge in [0.25, 0.3) is 0 Å². The average molecular weight is 247 g/mol. The molecule has 1 N–H and O–H groups in total. The van der Waals surface area contributed by atoms with Crippen molar-refractivity contribution < 1.29 is 0 Å². The van der Waals surface area contributed by atoms with Crippen molar-refractivity contribution in [2.24, 2.45) is 0 Å². The Morgan fingerprint density at radius 2 is 1.78 bits per heavy atom. The quantitative estimate of drug-likeness (QED) is 0.890. The summed E-state index contributed by atoms with van der Waals surface area (Å²) in [7, 11) is 1.98. The van der Waals surface area contributed by atoms with Crippen molar-refractivity contribution in [1.82, 2.24) is 10.3 Å². The number of nitrogens with zero attached hydrogens (tertiary/aromatic N) is 2. The fourth-order valence-corrected chi connectivity index (χ4v) is 2.61. The van der Waals surface area contributed by atoms with Gasteiger partial charge in [-0.2, -0.15) is 0 Å². The van der Waals surface area contributed by atoms with E-state index < -0.39 is 0 Å². The van der Waals surface area contributed by atoms with Gasteiger partial charge in [-0.25, -0.2) is 4.98 Å². The molecule has 1 saturated heterocycles. The molecule has 100 valence electrons. The third-order valence-electron chi connectivity index (χ3n) is 3.73. The summed E-state index contributed by atoms with van der Waals surface area (Å²) in [4.78, 5) is 7.23. The highest BCUT2D eigenvalue weighted by molar-refractivity contribution is 5.41. The highest BCUT2D eigenvalue weighted by Gasteiger charge is 2.11. The standard InChI is InChI=1S/C15H25N3/c1-13-14(12-16-2)8-9-15(17-13)18-10-6-4-3-5-7-11-18/h8-9,16H,3-7,10-12H2,1-2H3. The normalized spacial score (nSPS) is 17.3. The van der Waals surface area contributed by atoms with Gasteiger partial charge in [0.1, 0.15) is 5.82 Å². The summed E-state index contributed by atoms with van der Waals surface area (Å²) in [5, 5.41) is 3.19. The van der Waals surface area contributed by atoms with Crippen molar-refractivity contribution in [3.05, 3.63) is 23.4 Å². The summed E-state index contributed by atoms with van der Waals surface area (Å²) in [6.45, 7) is 5.34. The van der Waals surface area contributed by atoms with Gasteiger partial charge in [-0.05, 0) is 38.4 Å². The maximum absolute atomic E-state index is 4.77. The predicted octanol–water partition coefficient (Wildman–Crippen LogP) is 2.88. The molecule has 0 aromatic carbocycles. The highest BCUT2D eigenvalue weighted by atomic mass is 15.2. The minimum Gasteiger partial charge on any atom is -0.357 e. The summed E-state index contributed by atoms with van der Waals surface area (Å²) < 4.78 is 0. The fraction of sp³-hybridized carbons (Fsp3) is 0.667. The number of rotatable bonds is 3. The van der Waals surface area contributed by atoms with Crippen LogP contribution >= 0.6 is 0 Å². The molecule has 1 aliphatic rings. The van der Waals surface area contributed by atoms with E-state index in [4.69, 9.17) is 4.98 Å². The maximum atomic E-state index is 4.77. The molecule has 0 spiro atoms. The SMILES string of the molecule is CNCc1ccc(N2CCCCCCC2)nc1C. The van der Waals surface area contributed by atoms with Crippen LogP contribution in [0.25, 0.3) is 0 Å². The molecule has 0 amide bonds. The molecule has 1 aromatic rings. The van der Waals surface area contributed by atoms with E-state index in [2.05, 4.69) is 29.3 Å². The van der Waals surface area contributed by atoms with Gasteiger partial charge in [-0.3, -0.25) is 0 Å². The Morgan fingerprint density at radius 1 is 1.11 bits per heavy atom. The molecule has 1 aliphatic heterocycles. The minimum absolute atomic E-state index is 0.902. The smallest absolute Gasteiger partial charge is 0.128 e. The van der Waals surface area contributed by atoms with Gasteiger partial charge in [-0.15, -0.1) is 0 Å². The zero-order chi connectivity index (χ0) is 12.8. The number of aryl methyl sites for hydroxylation is 1. The van der Waals surface area contributed by atoms with Gasteiger partial charge in [0.2, 0.25) is 0 Å². The van der Waals surface area contributed by atoms with Crippen LogP contribution in [0.15, 0.2) is 12.1 Å². The molecular formula is C15H25N3. The average Bonchev–Trinajstić information content (AvgIpc) is 2.32. The summed E-state index contributed by atoms with van der Waals surface area (Å²) >= 11 is 0. The molecule has 1 aromatic heterocycles. The van der Waals surface area contributed by atoms with E-state index in [0.717, 1.165) is 31.1 Å². The number of nitrogens with one attached hydrogen (secondary N) is 1. The molecule has 0 saturated carbocycles. The van der Waals surface area contributed by atoms with E-state index in [9.17, 15) is 0 Å². The van der Waals surface area contributed by atoms with Crippen LogP contribution in [0, 0.1) is 6.92 Å². The van der Waals surface area contributed by atoms with Gasteiger partial charge in [0, 0.05) is 25.3 Å². The second-order valence-electron chi connectivity index (χ2n) is 5.20. The molecular weight excluding hydrogens is 222 g/mol. The minimum atomic E-state index is 0.902. The van der Waals surface area contributed by atoms with Gasteiger partial charge in [0.15, 0.2) is 0 Å². The van der Waals surface area contributed by atoms with Crippen molar-refractivity contribution in [3.8, 4) is 0 Å². The predicted molar refractivity (Wildman–Crippen MR) is 77.0 cm³/mol. The first-order valence-corrected chi connectivity index (χ1v) is 7.17. The second-order valence-corrected chi connectivity index (χ2v) is 5.20. The zero-order valence-corrected chi connectivity index (χ0v) is 11.7. The van der Waals surface area contributed by atoms with Crippen LogP contribution in [-0.4, -0.2) is 25.1 Å². The van der Waals surface area contributed by atoms with Crippen molar-refractivity contribution >= 4 is 5.82 Å². The number of anilines is 1. The van der Waals surface area contributed by atoms with Gasteiger partial charge in [-0.1, -0.05) is 25.3 Å². The number of pyridine rings is 1. The lowest BCUT2D eigenvalue weighted by Crippen LogP contribution is -2.28. The molecule has 3 nitrogen and oxygen atoms in total. The first kappa shape index (κ1) is 13.3. The van der Waals surface area contributed by atoms with Gasteiger partial charge in [0.05, 0.1) is 0 Å². The molecule has 0 unspecified atom stereocenters. The van der Waals surface area contributed by atoms with Crippen LogP contribution in [0.1, 0.15) is 43.4 Å². The third kappa shape index (κ3) is 3.45. The largest absolute Gasteiger partial charge is 0.357 e. The topological polar surface area (TPSA) is 28.2 Å². The Kier molecular flexibility index (Phi) is 5.00. The summed E-state index contributed by atoms with van der Waals surface area (Å²) in [6.07, 6.45) is 6.75. The molecule has 18 heavy (non-hydrogen) atoms. The van der Waals surface area contributed by atoms with Crippen LogP contribution in [-0.2, 0) is 6.54 Å². The molecule has 0 atom stereocenters. The lowest BCUT2D eigenvalue weighted by Gasteiger charge is -2.26. The van der Waals surface area contributed by atoms with E-state index in [1.807, 2.05) is 7.05 Å². The van der Waals surface area contributed by atoms with Crippen molar-refractivity contribution in [2.75, 3.05) is 25.0 Å².